The van der Waals surface area contributed by atoms with E-state index >= 15 is 0 Å². The van der Waals surface area contributed by atoms with Gasteiger partial charge >= 0.3 is 5.97 Å². The molecule has 1 heterocycles. The van der Waals surface area contributed by atoms with E-state index in [-0.39, 0.29) is 5.75 Å². The van der Waals surface area contributed by atoms with Crippen molar-refractivity contribution >= 4 is 40.7 Å². The SMILES string of the molecule is O=C(COC(=O)CSCc1cccs1)Nc1c(F)cccc1F. The number of amides is 1. The number of rotatable bonds is 7. The largest absolute Gasteiger partial charge is 0.455 e. The molecule has 0 aliphatic rings. The Morgan fingerprint density at radius 2 is 1.91 bits per heavy atom. The van der Waals surface area contributed by atoms with Gasteiger partial charge in [-0.05, 0) is 23.6 Å². The van der Waals surface area contributed by atoms with E-state index in [0.29, 0.717) is 5.75 Å². The van der Waals surface area contributed by atoms with Crippen molar-refractivity contribution in [2.24, 2.45) is 0 Å². The highest BCUT2D eigenvalue weighted by molar-refractivity contribution is 7.99. The Morgan fingerprint density at radius 3 is 2.57 bits per heavy atom. The van der Waals surface area contributed by atoms with Gasteiger partial charge in [-0.2, -0.15) is 0 Å². The van der Waals surface area contributed by atoms with Crippen molar-refractivity contribution in [3.8, 4) is 0 Å². The van der Waals surface area contributed by atoms with Gasteiger partial charge in [0.1, 0.15) is 17.3 Å². The van der Waals surface area contributed by atoms with Gasteiger partial charge in [0.25, 0.3) is 5.91 Å². The molecule has 1 aromatic heterocycles. The van der Waals surface area contributed by atoms with E-state index in [1.165, 1.54) is 17.8 Å². The zero-order valence-electron chi connectivity index (χ0n) is 11.9. The van der Waals surface area contributed by atoms with Crippen molar-refractivity contribution in [2.45, 2.75) is 5.75 Å². The van der Waals surface area contributed by atoms with E-state index in [4.69, 9.17) is 4.74 Å². The van der Waals surface area contributed by atoms with Crippen LogP contribution in [0.5, 0.6) is 0 Å². The molecule has 0 radical (unpaired) electrons. The van der Waals surface area contributed by atoms with Crippen LogP contribution in [-0.2, 0) is 20.1 Å². The van der Waals surface area contributed by atoms with E-state index in [1.807, 2.05) is 22.8 Å². The van der Waals surface area contributed by atoms with E-state index < -0.39 is 35.8 Å². The number of esters is 1. The van der Waals surface area contributed by atoms with Crippen LogP contribution >= 0.6 is 23.1 Å². The lowest BCUT2D eigenvalue weighted by molar-refractivity contribution is -0.144. The Hall–Kier alpha value is -1.93. The minimum atomic E-state index is -0.892. The fourth-order valence-electron chi connectivity index (χ4n) is 1.61. The van der Waals surface area contributed by atoms with Gasteiger partial charge in [-0.25, -0.2) is 8.78 Å². The number of carbonyl (C=O) groups excluding carboxylic acids is 2. The third-order valence-electron chi connectivity index (χ3n) is 2.64. The van der Waals surface area contributed by atoms with Crippen LogP contribution in [0.2, 0.25) is 0 Å². The number of halogens is 2. The summed E-state index contributed by atoms with van der Waals surface area (Å²) >= 11 is 2.95. The van der Waals surface area contributed by atoms with Crippen molar-refractivity contribution in [1.29, 1.82) is 0 Å². The van der Waals surface area contributed by atoms with Gasteiger partial charge in [-0.1, -0.05) is 12.1 Å². The lowest BCUT2D eigenvalue weighted by Gasteiger charge is -2.08. The Bertz CT molecular complexity index is 657. The number of hydrogen-bond acceptors (Lipinski definition) is 5. The van der Waals surface area contributed by atoms with Gasteiger partial charge in [0.15, 0.2) is 6.61 Å². The number of para-hydroxylation sites is 1. The van der Waals surface area contributed by atoms with Gasteiger partial charge in [0.2, 0.25) is 0 Å². The van der Waals surface area contributed by atoms with Crippen LogP contribution in [0.4, 0.5) is 14.5 Å². The van der Waals surface area contributed by atoms with Gasteiger partial charge in [0.05, 0.1) is 5.75 Å². The molecule has 0 unspecified atom stereocenters. The smallest absolute Gasteiger partial charge is 0.316 e. The predicted molar refractivity (Wildman–Crippen MR) is 86.4 cm³/mol. The summed E-state index contributed by atoms with van der Waals surface area (Å²) < 4.78 is 31.5. The van der Waals surface area contributed by atoms with Crippen LogP contribution in [-0.4, -0.2) is 24.2 Å². The highest BCUT2D eigenvalue weighted by atomic mass is 32.2. The van der Waals surface area contributed by atoms with E-state index in [2.05, 4.69) is 0 Å². The number of carbonyl (C=O) groups is 2. The lowest BCUT2D eigenvalue weighted by atomic mass is 10.3. The van der Waals surface area contributed by atoms with Crippen molar-refractivity contribution in [3.63, 3.8) is 0 Å². The molecular formula is C15H13F2NO3S2. The molecule has 0 aliphatic carbocycles. The summed E-state index contributed by atoms with van der Waals surface area (Å²) in [5, 5.41) is 3.99. The van der Waals surface area contributed by atoms with Crippen molar-refractivity contribution < 1.29 is 23.1 Å². The molecule has 2 aromatic rings. The van der Waals surface area contributed by atoms with Crippen LogP contribution in [0.15, 0.2) is 35.7 Å². The third kappa shape index (κ3) is 5.65. The zero-order chi connectivity index (χ0) is 16.7. The average molecular weight is 357 g/mol. The molecule has 23 heavy (non-hydrogen) atoms. The first-order valence-electron chi connectivity index (χ1n) is 6.56. The molecule has 1 N–H and O–H groups in total. The molecular weight excluding hydrogens is 344 g/mol. The first-order valence-corrected chi connectivity index (χ1v) is 8.59. The maximum atomic E-state index is 13.3. The molecule has 0 bridgehead atoms. The summed E-state index contributed by atoms with van der Waals surface area (Å²) in [6.07, 6.45) is 0. The molecule has 0 saturated carbocycles. The minimum Gasteiger partial charge on any atom is -0.455 e. The van der Waals surface area contributed by atoms with Gasteiger partial charge in [0, 0.05) is 10.6 Å². The van der Waals surface area contributed by atoms with Gasteiger partial charge in [-0.15, -0.1) is 23.1 Å². The number of anilines is 1. The standard InChI is InChI=1S/C15H13F2NO3S2/c16-11-4-1-5-12(17)15(11)18-13(19)7-21-14(20)9-22-8-10-3-2-6-23-10/h1-6H,7-9H2,(H,18,19). The number of thioether (sulfide) groups is 1. The normalized spacial score (nSPS) is 10.3. The maximum absolute atomic E-state index is 13.3. The van der Waals surface area contributed by atoms with Crippen molar-refractivity contribution in [3.05, 3.63) is 52.2 Å². The first-order chi connectivity index (χ1) is 11.1. The molecule has 2 rings (SSSR count). The van der Waals surface area contributed by atoms with Crippen LogP contribution in [0.3, 0.4) is 0 Å². The highest BCUT2D eigenvalue weighted by Gasteiger charge is 2.13. The van der Waals surface area contributed by atoms with E-state index in [9.17, 15) is 18.4 Å². The molecule has 1 aromatic carbocycles. The number of ether oxygens (including phenoxy) is 1. The lowest BCUT2D eigenvalue weighted by Crippen LogP contribution is -2.22. The van der Waals surface area contributed by atoms with E-state index in [0.717, 1.165) is 17.0 Å². The average Bonchev–Trinajstić information content (AvgIpc) is 3.02. The molecule has 8 heteroatoms. The highest BCUT2D eigenvalue weighted by Crippen LogP contribution is 2.18. The summed E-state index contributed by atoms with van der Waals surface area (Å²) in [4.78, 5) is 24.2. The van der Waals surface area contributed by atoms with Crippen LogP contribution in [0, 0.1) is 11.6 Å². The second kappa shape index (κ2) is 8.64. The molecule has 122 valence electrons. The summed E-state index contributed by atoms with van der Waals surface area (Å²) in [6, 6.07) is 7.10. The Labute approximate surface area is 139 Å². The first kappa shape index (κ1) is 17.4. The molecule has 0 fully saturated rings. The molecule has 0 aliphatic heterocycles. The second-order valence-corrected chi connectivity index (χ2v) is 6.40. The molecule has 4 nitrogen and oxygen atoms in total. The van der Waals surface area contributed by atoms with Gasteiger partial charge < -0.3 is 10.1 Å². The fraction of sp³-hybridized carbons (Fsp3) is 0.200. The quantitative estimate of drug-likeness (QED) is 0.771. The van der Waals surface area contributed by atoms with Crippen LogP contribution in [0.1, 0.15) is 4.88 Å². The zero-order valence-corrected chi connectivity index (χ0v) is 13.5. The van der Waals surface area contributed by atoms with E-state index in [1.54, 1.807) is 11.3 Å². The Balaban J connectivity index is 1.70. The molecule has 0 saturated heterocycles. The number of hydrogen-bond donors (Lipinski definition) is 1. The second-order valence-electron chi connectivity index (χ2n) is 4.38. The third-order valence-corrected chi connectivity index (χ3v) is 4.65. The minimum absolute atomic E-state index is 0.0965. The summed E-state index contributed by atoms with van der Waals surface area (Å²) in [5.74, 6) is -2.37. The predicted octanol–water partition coefficient (Wildman–Crippen LogP) is 3.44. The van der Waals surface area contributed by atoms with Crippen molar-refractivity contribution in [2.75, 3.05) is 17.7 Å². The molecule has 1 amide bonds. The summed E-state index contributed by atoms with van der Waals surface area (Å²) in [5.41, 5.74) is -0.555. The Morgan fingerprint density at radius 1 is 1.17 bits per heavy atom. The van der Waals surface area contributed by atoms with Crippen LogP contribution < -0.4 is 5.32 Å². The fourth-order valence-corrected chi connectivity index (χ4v) is 3.27. The van der Waals surface area contributed by atoms with Crippen LogP contribution in [0.25, 0.3) is 0 Å². The Kier molecular flexibility index (Phi) is 6.54. The molecule has 0 atom stereocenters. The monoisotopic (exact) mass is 357 g/mol. The number of nitrogens with one attached hydrogen (secondary N) is 1. The number of thiophene rings is 1. The summed E-state index contributed by atoms with van der Waals surface area (Å²) in [7, 11) is 0. The topological polar surface area (TPSA) is 55.4 Å². The van der Waals surface area contributed by atoms with Gasteiger partial charge in [-0.3, -0.25) is 9.59 Å². The number of benzene rings is 1. The van der Waals surface area contributed by atoms with Crippen molar-refractivity contribution in [1.82, 2.24) is 0 Å². The summed E-state index contributed by atoms with van der Waals surface area (Å²) in [6.45, 7) is -0.591. The molecule has 0 spiro atoms. The maximum Gasteiger partial charge on any atom is 0.316 e.